The lowest BCUT2D eigenvalue weighted by molar-refractivity contribution is 0.103. The first-order chi connectivity index (χ1) is 14.4. The van der Waals surface area contributed by atoms with Gasteiger partial charge in [0, 0.05) is 22.3 Å². The lowest BCUT2D eigenvalue weighted by atomic mass is 9.86. The number of hydrogen-bond acceptors (Lipinski definition) is 3. The van der Waals surface area contributed by atoms with Crippen LogP contribution in [0, 0.1) is 0 Å². The Labute approximate surface area is 184 Å². The van der Waals surface area contributed by atoms with Gasteiger partial charge in [0.05, 0.1) is 0 Å². The molecule has 31 heavy (non-hydrogen) atoms. The summed E-state index contributed by atoms with van der Waals surface area (Å²) >= 11 is 0. The molecule has 0 bridgehead atoms. The van der Waals surface area contributed by atoms with Crippen molar-refractivity contribution in [2.45, 2.75) is 52.4 Å². The first-order valence-corrected chi connectivity index (χ1v) is 10.5. The average molecular weight is 415 g/mol. The van der Waals surface area contributed by atoms with Gasteiger partial charge >= 0.3 is 0 Å². The van der Waals surface area contributed by atoms with Crippen molar-refractivity contribution in [3.8, 4) is 5.75 Å². The molecule has 0 fully saturated rings. The zero-order valence-electron chi connectivity index (χ0n) is 19.1. The summed E-state index contributed by atoms with van der Waals surface area (Å²) in [5.74, 6) is -0.561. The summed E-state index contributed by atoms with van der Waals surface area (Å²) in [6.07, 6.45) is 0. The van der Waals surface area contributed by atoms with Gasteiger partial charge in [-0.3, -0.25) is 9.59 Å². The number of carbonyl (C=O) groups is 2. The number of rotatable bonds is 4. The van der Waals surface area contributed by atoms with Crippen molar-refractivity contribution in [2.24, 2.45) is 0 Å². The number of phenols is 1. The van der Waals surface area contributed by atoms with E-state index in [4.69, 9.17) is 0 Å². The van der Waals surface area contributed by atoms with Gasteiger partial charge in [0.15, 0.2) is 11.6 Å². The summed E-state index contributed by atoms with van der Waals surface area (Å²) in [5.41, 5.74) is 3.88. The third-order valence-corrected chi connectivity index (χ3v) is 5.47. The minimum absolute atomic E-state index is 0.00524. The maximum Gasteiger partial charge on any atom is 0.193 e. The molecule has 3 aromatic rings. The van der Waals surface area contributed by atoms with Crippen molar-refractivity contribution in [1.82, 2.24) is 0 Å². The van der Waals surface area contributed by atoms with E-state index in [0.717, 1.165) is 11.1 Å². The Morgan fingerprint density at radius 1 is 0.548 bits per heavy atom. The Morgan fingerprint density at radius 3 is 1.16 bits per heavy atom. The minimum Gasteiger partial charge on any atom is -0.508 e. The van der Waals surface area contributed by atoms with Crippen LogP contribution in [0.2, 0.25) is 0 Å². The SMILES string of the molecule is CC(C)(C)c1ccc(C(=O)c2cc(O)cc(C(=O)c3ccc(C(C)(C)C)cc3)c2)cc1. The largest absolute Gasteiger partial charge is 0.508 e. The molecule has 0 aliphatic carbocycles. The van der Waals surface area contributed by atoms with Crippen LogP contribution in [-0.2, 0) is 10.8 Å². The minimum atomic E-state index is -0.228. The number of phenolic OH excluding ortho intramolecular Hbond substituents is 1. The second kappa shape index (κ2) is 8.14. The van der Waals surface area contributed by atoms with E-state index in [1.54, 1.807) is 30.3 Å². The first-order valence-electron chi connectivity index (χ1n) is 10.5. The third-order valence-electron chi connectivity index (χ3n) is 5.47. The molecule has 0 atom stereocenters. The predicted molar refractivity (Wildman–Crippen MR) is 125 cm³/mol. The van der Waals surface area contributed by atoms with Crippen LogP contribution in [0.15, 0.2) is 66.7 Å². The Morgan fingerprint density at radius 2 is 0.871 bits per heavy atom. The number of benzene rings is 3. The van der Waals surface area contributed by atoms with Crippen LogP contribution < -0.4 is 0 Å². The van der Waals surface area contributed by atoms with E-state index in [2.05, 4.69) is 41.5 Å². The molecule has 0 amide bonds. The third kappa shape index (κ3) is 5.11. The van der Waals surface area contributed by atoms with Gasteiger partial charge in [-0.1, -0.05) is 90.1 Å². The standard InChI is InChI=1S/C28H30O3/c1-27(2,3)22-11-7-18(8-12-22)25(30)20-15-21(17-24(29)16-20)26(31)19-9-13-23(14-10-19)28(4,5)6/h7-17,29H,1-6H3. The van der Waals surface area contributed by atoms with E-state index >= 15 is 0 Å². The van der Waals surface area contributed by atoms with Gasteiger partial charge in [-0.05, 0) is 40.2 Å². The molecule has 0 saturated heterocycles. The molecule has 0 aromatic heterocycles. The highest BCUT2D eigenvalue weighted by Gasteiger charge is 2.19. The molecule has 0 unspecified atom stereocenters. The molecule has 3 heteroatoms. The van der Waals surface area contributed by atoms with Crippen LogP contribution in [-0.4, -0.2) is 16.7 Å². The maximum atomic E-state index is 13.0. The zero-order valence-corrected chi connectivity index (χ0v) is 19.1. The van der Waals surface area contributed by atoms with E-state index < -0.39 is 0 Å². The van der Waals surface area contributed by atoms with E-state index in [0.29, 0.717) is 11.1 Å². The normalized spacial score (nSPS) is 11.9. The molecule has 3 rings (SSSR count). The Bertz CT molecular complexity index is 1020. The molecular formula is C28H30O3. The Kier molecular flexibility index (Phi) is 5.91. The fourth-order valence-corrected chi connectivity index (χ4v) is 3.45. The number of ketones is 2. The molecular weight excluding hydrogens is 384 g/mol. The van der Waals surface area contributed by atoms with Crippen LogP contribution in [0.4, 0.5) is 0 Å². The first kappa shape index (κ1) is 22.5. The zero-order chi connectivity index (χ0) is 23.0. The van der Waals surface area contributed by atoms with Crippen molar-refractivity contribution in [3.05, 3.63) is 100 Å². The second-order valence-electron chi connectivity index (χ2n) is 10.1. The summed E-state index contributed by atoms with van der Waals surface area (Å²) in [6, 6.07) is 19.3. The van der Waals surface area contributed by atoms with Gasteiger partial charge < -0.3 is 5.11 Å². The highest BCUT2D eigenvalue weighted by atomic mass is 16.3. The molecule has 0 saturated carbocycles. The van der Waals surface area contributed by atoms with Crippen molar-refractivity contribution < 1.29 is 14.7 Å². The van der Waals surface area contributed by atoms with Crippen molar-refractivity contribution in [2.75, 3.05) is 0 Å². The molecule has 0 aliphatic rings. The Balaban J connectivity index is 1.91. The van der Waals surface area contributed by atoms with E-state index in [1.807, 2.05) is 24.3 Å². The van der Waals surface area contributed by atoms with Gasteiger partial charge in [0.25, 0.3) is 0 Å². The van der Waals surface area contributed by atoms with Gasteiger partial charge in [-0.2, -0.15) is 0 Å². The highest BCUT2D eigenvalue weighted by Crippen LogP contribution is 2.26. The molecule has 0 spiro atoms. The fraction of sp³-hybridized carbons (Fsp3) is 0.286. The van der Waals surface area contributed by atoms with Crippen LogP contribution in [0.25, 0.3) is 0 Å². The summed E-state index contributed by atoms with van der Waals surface area (Å²) in [6.45, 7) is 12.7. The highest BCUT2D eigenvalue weighted by molar-refractivity contribution is 6.13. The summed E-state index contributed by atoms with van der Waals surface area (Å²) in [7, 11) is 0. The molecule has 3 nitrogen and oxygen atoms in total. The molecule has 1 N–H and O–H groups in total. The lowest BCUT2D eigenvalue weighted by Crippen LogP contribution is -2.12. The molecule has 0 aliphatic heterocycles. The van der Waals surface area contributed by atoms with E-state index in [9.17, 15) is 14.7 Å². The number of carbonyl (C=O) groups excluding carboxylic acids is 2. The average Bonchev–Trinajstić information content (AvgIpc) is 2.71. The monoisotopic (exact) mass is 414 g/mol. The van der Waals surface area contributed by atoms with Crippen molar-refractivity contribution in [1.29, 1.82) is 0 Å². The number of hydrogen-bond donors (Lipinski definition) is 1. The quantitative estimate of drug-likeness (QED) is 0.499. The van der Waals surface area contributed by atoms with Gasteiger partial charge in [0.1, 0.15) is 5.75 Å². The summed E-state index contributed by atoms with van der Waals surface area (Å²) < 4.78 is 0. The van der Waals surface area contributed by atoms with Gasteiger partial charge in [-0.15, -0.1) is 0 Å². The number of aromatic hydroxyl groups is 1. The lowest BCUT2D eigenvalue weighted by Gasteiger charge is -2.19. The smallest absolute Gasteiger partial charge is 0.193 e. The van der Waals surface area contributed by atoms with Crippen LogP contribution in [0.5, 0.6) is 5.75 Å². The molecule has 0 heterocycles. The van der Waals surface area contributed by atoms with E-state index in [1.165, 1.54) is 12.1 Å². The summed E-state index contributed by atoms with van der Waals surface area (Å²) in [5, 5.41) is 10.2. The summed E-state index contributed by atoms with van der Waals surface area (Å²) in [4.78, 5) is 26.0. The predicted octanol–water partition coefficient (Wildman–Crippen LogP) is 6.45. The van der Waals surface area contributed by atoms with E-state index in [-0.39, 0.29) is 39.3 Å². The second-order valence-corrected chi connectivity index (χ2v) is 10.1. The van der Waals surface area contributed by atoms with Crippen molar-refractivity contribution >= 4 is 11.6 Å². The Hall–Kier alpha value is -3.20. The topological polar surface area (TPSA) is 54.4 Å². The van der Waals surface area contributed by atoms with Crippen molar-refractivity contribution in [3.63, 3.8) is 0 Å². The van der Waals surface area contributed by atoms with Crippen LogP contribution in [0.3, 0.4) is 0 Å². The van der Waals surface area contributed by atoms with Crippen LogP contribution >= 0.6 is 0 Å². The molecule has 0 radical (unpaired) electrons. The maximum absolute atomic E-state index is 13.0. The molecule has 3 aromatic carbocycles. The van der Waals surface area contributed by atoms with Gasteiger partial charge in [0.2, 0.25) is 0 Å². The van der Waals surface area contributed by atoms with Gasteiger partial charge in [-0.25, -0.2) is 0 Å². The fourth-order valence-electron chi connectivity index (χ4n) is 3.45. The molecule has 160 valence electrons. The van der Waals surface area contributed by atoms with Crippen LogP contribution in [0.1, 0.15) is 84.5 Å².